The summed E-state index contributed by atoms with van der Waals surface area (Å²) in [6.45, 7) is 6.90. The summed E-state index contributed by atoms with van der Waals surface area (Å²) in [6, 6.07) is 13.0. The Morgan fingerprint density at radius 1 is 1.07 bits per heavy atom. The number of aromatic nitrogens is 1. The van der Waals surface area contributed by atoms with Crippen LogP contribution in [0.5, 0.6) is 5.75 Å². The summed E-state index contributed by atoms with van der Waals surface area (Å²) < 4.78 is 5.45. The van der Waals surface area contributed by atoms with Gasteiger partial charge in [-0.1, -0.05) is 32.0 Å². The van der Waals surface area contributed by atoms with Crippen molar-refractivity contribution in [2.24, 2.45) is 5.92 Å². The van der Waals surface area contributed by atoms with E-state index in [2.05, 4.69) is 15.2 Å². The third-order valence-corrected chi connectivity index (χ3v) is 4.77. The molecule has 0 radical (unpaired) electrons. The van der Waals surface area contributed by atoms with Crippen molar-refractivity contribution in [2.45, 2.75) is 20.3 Å². The molecule has 0 spiro atoms. The fraction of sp³-hybridized carbons (Fsp3) is 0.409. The van der Waals surface area contributed by atoms with Crippen LogP contribution in [-0.2, 0) is 9.59 Å². The second kappa shape index (κ2) is 9.91. The molecular formula is C22H28N4O3. The Bertz CT molecular complexity index is 809. The van der Waals surface area contributed by atoms with Crippen LogP contribution in [0.15, 0.2) is 48.7 Å². The molecule has 0 saturated carbocycles. The van der Waals surface area contributed by atoms with Crippen molar-refractivity contribution in [1.29, 1.82) is 0 Å². The Balaban J connectivity index is 1.50. The van der Waals surface area contributed by atoms with Gasteiger partial charge in [-0.2, -0.15) is 0 Å². The first-order valence-electron chi connectivity index (χ1n) is 10.0. The number of nitrogens with one attached hydrogen (secondary N) is 1. The first-order chi connectivity index (χ1) is 14.0. The molecule has 1 aromatic carbocycles. The maximum absolute atomic E-state index is 12.2. The maximum Gasteiger partial charge on any atom is 0.262 e. The van der Waals surface area contributed by atoms with Crippen LogP contribution in [0.1, 0.15) is 20.3 Å². The molecule has 7 heteroatoms. The summed E-state index contributed by atoms with van der Waals surface area (Å²) in [5, 5.41) is 2.79. The van der Waals surface area contributed by atoms with E-state index in [0.717, 1.165) is 31.9 Å². The SMILES string of the molecule is CC(C)C(=O)N1CCCN(c2ccc(NC(=O)COc3ccccc3)cn2)CC1. The van der Waals surface area contributed by atoms with E-state index in [1.807, 2.05) is 49.1 Å². The zero-order valence-corrected chi connectivity index (χ0v) is 17.0. The molecule has 1 N–H and O–H groups in total. The van der Waals surface area contributed by atoms with E-state index in [1.54, 1.807) is 18.3 Å². The summed E-state index contributed by atoms with van der Waals surface area (Å²) >= 11 is 0. The molecule has 2 heterocycles. The second-order valence-corrected chi connectivity index (χ2v) is 7.38. The van der Waals surface area contributed by atoms with E-state index < -0.39 is 0 Å². The highest BCUT2D eigenvalue weighted by Gasteiger charge is 2.21. The number of nitrogens with zero attached hydrogens (tertiary/aromatic N) is 3. The quantitative estimate of drug-likeness (QED) is 0.813. The van der Waals surface area contributed by atoms with Crippen molar-refractivity contribution in [3.8, 4) is 5.75 Å². The Hall–Kier alpha value is -3.09. The molecule has 0 bridgehead atoms. The van der Waals surface area contributed by atoms with Gasteiger partial charge in [0, 0.05) is 32.1 Å². The van der Waals surface area contributed by atoms with Crippen LogP contribution in [0.3, 0.4) is 0 Å². The molecule has 0 unspecified atom stereocenters. The Labute approximate surface area is 171 Å². The van der Waals surface area contributed by atoms with Crippen LogP contribution >= 0.6 is 0 Å². The lowest BCUT2D eigenvalue weighted by molar-refractivity contribution is -0.134. The Kier molecular flexibility index (Phi) is 7.05. The van der Waals surface area contributed by atoms with Gasteiger partial charge < -0.3 is 19.9 Å². The largest absolute Gasteiger partial charge is 0.484 e. The normalized spacial score (nSPS) is 14.4. The van der Waals surface area contributed by atoms with Crippen molar-refractivity contribution in [1.82, 2.24) is 9.88 Å². The Morgan fingerprint density at radius 2 is 1.86 bits per heavy atom. The molecule has 1 saturated heterocycles. The van der Waals surface area contributed by atoms with Crippen molar-refractivity contribution in [3.05, 3.63) is 48.7 Å². The molecule has 7 nitrogen and oxygen atoms in total. The molecule has 29 heavy (non-hydrogen) atoms. The van der Waals surface area contributed by atoms with E-state index in [4.69, 9.17) is 4.74 Å². The summed E-state index contributed by atoms with van der Waals surface area (Å²) in [4.78, 5) is 32.9. The lowest BCUT2D eigenvalue weighted by atomic mass is 10.2. The first-order valence-corrected chi connectivity index (χ1v) is 10.0. The third-order valence-electron chi connectivity index (χ3n) is 4.77. The number of amides is 2. The molecule has 154 valence electrons. The zero-order chi connectivity index (χ0) is 20.6. The molecule has 1 fully saturated rings. The smallest absolute Gasteiger partial charge is 0.262 e. The number of ether oxygens (including phenoxy) is 1. The summed E-state index contributed by atoms with van der Waals surface area (Å²) in [6.07, 6.45) is 2.56. The topological polar surface area (TPSA) is 74.8 Å². The molecule has 1 aliphatic heterocycles. The van der Waals surface area contributed by atoms with E-state index in [9.17, 15) is 9.59 Å². The minimum Gasteiger partial charge on any atom is -0.484 e. The van der Waals surface area contributed by atoms with E-state index in [-0.39, 0.29) is 24.3 Å². The number of pyridine rings is 1. The summed E-state index contributed by atoms with van der Waals surface area (Å²) in [5.41, 5.74) is 0.627. The number of carbonyl (C=O) groups is 2. The fourth-order valence-electron chi connectivity index (χ4n) is 3.24. The van der Waals surface area contributed by atoms with Crippen LogP contribution in [0.4, 0.5) is 11.5 Å². The molecule has 0 aliphatic carbocycles. The van der Waals surface area contributed by atoms with E-state index >= 15 is 0 Å². The van der Waals surface area contributed by atoms with E-state index in [0.29, 0.717) is 18.0 Å². The van der Waals surface area contributed by atoms with Gasteiger partial charge in [0.2, 0.25) is 5.91 Å². The third kappa shape index (κ3) is 5.94. The maximum atomic E-state index is 12.2. The highest BCUT2D eigenvalue weighted by molar-refractivity contribution is 5.91. The van der Waals surface area contributed by atoms with Crippen molar-refractivity contribution < 1.29 is 14.3 Å². The van der Waals surface area contributed by atoms with Gasteiger partial charge in [-0.05, 0) is 30.7 Å². The van der Waals surface area contributed by atoms with Crippen molar-refractivity contribution in [2.75, 3.05) is 43.0 Å². The molecule has 0 atom stereocenters. The van der Waals surface area contributed by atoms with E-state index in [1.165, 1.54) is 0 Å². The second-order valence-electron chi connectivity index (χ2n) is 7.38. The average Bonchev–Trinajstić information content (AvgIpc) is 2.99. The predicted molar refractivity (Wildman–Crippen MR) is 113 cm³/mol. The zero-order valence-electron chi connectivity index (χ0n) is 17.0. The van der Waals surface area contributed by atoms with Crippen molar-refractivity contribution in [3.63, 3.8) is 0 Å². The van der Waals surface area contributed by atoms with Gasteiger partial charge in [0.25, 0.3) is 5.91 Å². The molecule has 3 rings (SSSR count). The number of hydrogen-bond donors (Lipinski definition) is 1. The van der Waals surface area contributed by atoms with Crippen LogP contribution < -0.4 is 15.0 Å². The van der Waals surface area contributed by atoms with Gasteiger partial charge in [0.15, 0.2) is 6.61 Å². The van der Waals surface area contributed by atoms with Crippen LogP contribution in [0, 0.1) is 5.92 Å². The number of carbonyl (C=O) groups excluding carboxylic acids is 2. The van der Waals surface area contributed by atoms with Gasteiger partial charge >= 0.3 is 0 Å². The van der Waals surface area contributed by atoms with Gasteiger partial charge in [-0.3, -0.25) is 9.59 Å². The lowest BCUT2D eigenvalue weighted by Crippen LogP contribution is -2.37. The van der Waals surface area contributed by atoms with Gasteiger partial charge in [-0.15, -0.1) is 0 Å². The number of rotatable bonds is 6. The number of para-hydroxylation sites is 1. The number of anilines is 2. The molecule has 2 aromatic rings. The monoisotopic (exact) mass is 396 g/mol. The highest BCUT2D eigenvalue weighted by atomic mass is 16.5. The van der Waals surface area contributed by atoms with Crippen LogP contribution in [0.25, 0.3) is 0 Å². The number of benzene rings is 1. The molecule has 1 aliphatic rings. The average molecular weight is 396 g/mol. The lowest BCUT2D eigenvalue weighted by Gasteiger charge is -2.24. The predicted octanol–water partition coefficient (Wildman–Crippen LogP) is 2.79. The van der Waals surface area contributed by atoms with Crippen LogP contribution in [-0.4, -0.2) is 54.5 Å². The molecule has 2 amide bonds. The van der Waals surface area contributed by atoms with Crippen molar-refractivity contribution >= 4 is 23.3 Å². The van der Waals surface area contributed by atoms with Gasteiger partial charge in [0.1, 0.15) is 11.6 Å². The molecular weight excluding hydrogens is 368 g/mol. The highest BCUT2D eigenvalue weighted by Crippen LogP contribution is 2.17. The minimum atomic E-state index is -0.235. The van der Waals surface area contributed by atoms with Crippen LogP contribution in [0.2, 0.25) is 0 Å². The summed E-state index contributed by atoms with van der Waals surface area (Å²) in [5.74, 6) is 1.50. The van der Waals surface area contributed by atoms with Gasteiger partial charge in [0.05, 0.1) is 11.9 Å². The fourth-order valence-corrected chi connectivity index (χ4v) is 3.24. The first kappa shape index (κ1) is 20.6. The summed E-state index contributed by atoms with van der Waals surface area (Å²) in [7, 11) is 0. The van der Waals surface area contributed by atoms with Gasteiger partial charge in [-0.25, -0.2) is 4.98 Å². The Morgan fingerprint density at radius 3 is 2.55 bits per heavy atom. The minimum absolute atomic E-state index is 0.0217. The number of hydrogen-bond acceptors (Lipinski definition) is 5. The molecule has 1 aromatic heterocycles. The standard InChI is InChI=1S/C22H28N4O3/c1-17(2)22(28)26-12-6-11-25(13-14-26)20-10-9-18(15-23-20)24-21(27)16-29-19-7-4-3-5-8-19/h3-5,7-10,15,17H,6,11-14,16H2,1-2H3,(H,24,27).